The summed E-state index contributed by atoms with van der Waals surface area (Å²) in [5.74, 6) is -1.48. The summed E-state index contributed by atoms with van der Waals surface area (Å²) in [7, 11) is 1.52. The molecule has 0 saturated carbocycles. The largest absolute Gasteiger partial charge is 0.481 e. The van der Waals surface area contributed by atoms with Crippen molar-refractivity contribution >= 4 is 17.9 Å². The molecule has 3 amide bonds. The lowest BCUT2D eigenvalue weighted by atomic mass is 10.0. The lowest BCUT2D eigenvalue weighted by Crippen LogP contribution is -2.56. The van der Waals surface area contributed by atoms with Crippen LogP contribution in [0.15, 0.2) is 0 Å². The van der Waals surface area contributed by atoms with Crippen LogP contribution in [0, 0.1) is 5.92 Å². The van der Waals surface area contributed by atoms with E-state index in [0.717, 1.165) is 0 Å². The van der Waals surface area contributed by atoms with E-state index in [1.807, 2.05) is 0 Å². The Bertz CT molecular complexity index is 299. The zero-order valence-corrected chi connectivity index (χ0v) is 9.02. The summed E-state index contributed by atoms with van der Waals surface area (Å²) in [6.45, 7) is 0.731. The highest BCUT2D eigenvalue weighted by Crippen LogP contribution is 2.14. The standard InChI is InChI=1S/C9H15N3O4/c1-10-7(13)2-3-11-9(16)12-4-6(5-12)8(14)15/h6H,2-5H2,1H3,(H,10,13)(H,11,16)(H,14,15). The topological polar surface area (TPSA) is 98.7 Å². The van der Waals surface area contributed by atoms with Crippen molar-refractivity contribution < 1.29 is 19.5 Å². The molecule has 0 aromatic rings. The van der Waals surface area contributed by atoms with Crippen LogP contribution in [0.25, 0.3) is 0 Å². The summed E-state index contributed by atoms with van der Waals surface area (Å²) in [4.78, 5) is 34.1. The average molecular weight is 229 g/mol. The molecule has 16 heavy (non-hydrogen) atoms. The second-order valence-electron chi connectivity index (χ2n) is 3.60. The van der Waals surface area contributed by atoms with Crippen LogP contribution in [0.3, 0.4) is 0 Å². The fraction of sp³-hybridized carbons (Fsp3) is 0.667. The van der Waals surface area contributed by atoms with Gasteiger partial charge in [0.25, 0.3) is 0 Å². The van der Waals surface area contributed by atoms with Crippen molar-refractivity contribution in [2.24, 2.45) is 5.92 Å². The van der Waals surface area contributed by atoms with Crippen molar-refractivity contribution in [1.29, 1.82) is 0 Å². The van der Waals surface area contributed by atoms with Gasteiger partial charge in [-0.1, -0.05) is 0 Å². The van der Waals surface area contributed by atoms with Gasteiger partial charge < -0.3 is 20.6 Å². The molecule has 7 heteroatoms. The van der Waals surface area contributed by atoms with Crippen LogP contribution in [-0.4, -0.2) is 54.6 Å². The van der Waals surface area contributed by atoms with Gasteiger partial charge in [-0.2, -0.15) is 0 Å². The first kappa shape index (κ1) is 12.3. The number of carbonyl (C=O) groups excluding carboxylic acids is 2. The molecule has 1 saturated heterocycles. The fourth-order valence-corrected chi connectivity index (χ4v) is 1.32. The average Bonchev–Trinajstić information content (AvgIpc) is 2.14. The number of hydrogen-bond donors (Lipinski definition) is 3. The van der Waals surface area contributed by atoms with Gasteiger partial charge >= 0.3 is 12.0 Å². The lowest BCUT2D eigenvalue weighted by Gasteiger charge is -2.36. The van der Waals surface area contributed by atoms with Gasteiger partial charge in [0.2, 0.25) is 5.91 Å². The van der Waals surface area contributed by atoms with Crippen molar-refractivity contribution in [2.45, 2.75) is 6.42 Å². The maximum Gasteiger partial charge on any atom is 0.317 e. The number of aliphatic carboxylic acids is 1. The van der Waals surface area contributed by atoms with E-state index in [2.05, 4.69) is 10.6 Å². The van der Waals surface area contributed by atoms with Crippen LogP contribution in [0.5, 0.6) is 0 Å². The van der Waals surface area contributed by atoms with Crippen LogP contribution >= 0.6 is 0 Å². The van der Waals surface area contributed by atoms with Gasteiger partial charge in [0, 0.05) is 33.1 Å². The Morgan fingerprint density at radius 3 is 2.50 bits per heavy atom. The zero-order chi connectivity index (χ0) is 12.1. The Morgan fingerprint density at radius 2 is 2.00 bits per heavy atom. The molecule has 0 aliphatic carbocycles. The van der Waals surface area contributed by atoms with E-state index in [1.165, 1.54) is 11.9 Å². The number of carboxylic acid groups (broad SMARTS) is 1. The molecule has 0 aromatic carbocycles. The van der Waals surface area contributed by atoms with E-state index in [1.54, 1.807) is 0 Å². The number of likely N-dealkylation sites (tertiary alicyclic amines) is 1. The summed E-state index contributed by atoms with van der Waals surface area (Å²) in [5, 5.41) is 13.6. The Morgan fingerprint density at radius 1 is 1.38 bits per heavy atom. The second kappa shape index (κ2) is 5.34. The molecule has 1 aliphatic heterocycles. The number of amides is 3. The van der Waals surface area contributed by atoms with Crippen molar-refractivity contribution in [1.82, 2.24) is 15.5 Å². The summed E-state index contributed by atoms with van der Waals surface area (Å²) < 4.78 is 0. The van der Waals surface area contributed by atoms with Crippen LogP contribution in [0.2, 0.25) is 0 Å². The molecule has 1 fully saturated rings. The summed E-state index contributed by atoms with van der Waals surface area (Å²) in [6, 6.07) is -0.318. The summed E-state index contributed by atoms with van der Waals surface area (Å²) in [6.07, 6.45) is 0.221. The minimum Gasteiger partial charge on any atom is -0.481 e. The first-order valence-electron chi connectivity index (χ1n) is 5.00. The first-order chi connectivity index (χ1) is 7.54. The number of hydrogen-bond acceptors (Lipinski definition) is 3. The van der Waals surface area contributed by atoms with Crippen molar-refractivity contribution in [3.8, 4) is 0 Å². The van der Waals surface area contributed by atoms with Crippen molar-refractivity contribution in [3.63, 3.8) is 0 Å². The van der Waals surface area contributed by atoms with Gasteiger partial charge in [-0.05, 0) is 0 Å². The zero-order valence-electron chi connectivity index (χ0n) is 9.02. The quantitative estimate of drug-likeness (QED) is 0.566. The van der Waals surface area contributed by atoms with Crippen LogP contribution in [-0.2, 0) is 9.59 Å². The predicted octanol–water partition coefficient (Wildman–Crippen LogP) is -1.15. The normalized spacial score (nSPS) is 15.2. The van der Waals surface area contributed by atoms with Crippen molar-refractivity contribution in [3.05, 3.63) is 0 Å². The van der Waals surface area contributed by atoms with E-state index in [-0.39, 0.29) is 38.0 Å². The maximum absolute atomic E-state index is 11.4. The molecular formula is C9H15N3O4. The summed E-state index contributed by atoms with van der Waals surface area (Å²) in [5.41, 5.74) is 0. The molecule has 1 rings (SSSR count). The summed E-state index contributed by atoms with van der Waals surface area (Å²) >= 11 is 0. The van der Waals surface area contributed by atoms with Gasteiger partial charge in [0.15, 0.2) is 0 Å². The molecule has 0 atom stereocenters. The maximum atomic E-state index is 11.4. The number of carbonyl (C=O) groups is 3. The Labute approximate surface area is 92.8 Å². The fourth-order valence-electron chi connectivity index (χ4n) is 1.32. The molecule has 1 heterocycles. The van der Waals surface area contributed by atoms with E-state index < -0.39 is 11.9 Å². The van der Waals surface area contributed by atoms with Crippen LogP contribution in [0.1, 0.15) is 6.42 Å². The van der Waals surface area contributed by atoms with Gasteiger partial charge in [-0.25, -0.2) is 4.79 Å². The number of urea groups is 1. The molecule has 0 unspecified atom stereocenters. The highest BCUT2D eigenvalue weighted by atomic mass is 16.4. The smallest absolute Gasteiger partial charge is 0.317 e. The molecule has 90 valence electrons. The minimum absolute atomic E-state index is 0.146. The number of rotatable bonds is 4. The molecule has 0 bridgehead atoms. The van der Waals surface area contributed by atoms with Crippen LogP contribution in [0.4, 0.5) is 4.79 Å². The third-order valence-corrected chi connectivity index (χ3v) is 2.43. The van der Waals surface area contributed by atoms with Gasteiger partial charge in [-0.15, -0.1) is 0 Å². The van der Waals surface area contributed by atoms with Crippen molar-refractivity contribution in [2.75, 3.05) is 26.7 Å². The third-order valence-electron chi connectivity index (χ3n) is 2.43. The number of carboxylic acids is 1. The Hall–Kier alpha value is -1.79. The molecule has 0 spiro atoms. The van der Waals surface area contributed by atoms with E-state index in [4.69, 9.17) is 5.11 Å². The molecule has 3 N–H and O–H groups in total. The van der Waals surface area contributed by atoms with Gasteiger partial charge in [0.05, 0.1) is 5.92 Å². The first-order valence-corrected chi connectivity index (χ1v) is 5.00. The lowest BCUT2D eigenvalue weighted by molar-refractivity contribution is -0.146. The number of nitrogens with one attached hydrogen (secondary N) is 2. The number of nitrogens with zero attached hydrogens (tertiary/aromatic N) is 1. The highest BCUT2D eigenvalue weighted by molar-refractivity contribution is 5.80. The second-order valence-corrected chi connectivity index (χ2v) is 3.60. The molecule has 7 nitrogen and oxygen atoms in total. The molecule has 1 aliphatic rings. The van der Waals surface area contributed by atoms with E-state index in [9.17, 15) is 14.4 Å². The minimum atomic E-state index is -0.880. The molecule has 0 aromatic heterocycles. The van der Waals surface area contributed by atoms with E-state index >= 15 is 0 Å². The Kier molecular flexibility index (Phi) is 4.10. The molecule has 0 radical (unpaired) electrons. The van der Waals surface area contributed by atoms with Gasteiger partial charge in [0.1, 0.15) is 0 Å². The molecular weight excluding hydrogens is 214 g/mol. The monoisotopic (exact) mass is 229 g/mol. The van der Waals surface area contributed by atoms with Crippen LogP contribution < -0.4 is 10.6 Å². The SMILES string of the molecule is CNC(=O)CCNC(=O)N1CC(C(=O)O)C1. The van der Waals surface area contributed by atoms with Gasteiger partial charge in [-0.3, -0.25) is 9.59 Å². The highest BCUT2D eigenvalue weighted by Gasteiger charge is 2.35. The predicted molar refractivity (Wildman–Crippen MR) is 54.8 cm³/mol. The van der Waals surface area contributed by atoms with E-state index in [0.29, 0.717) is 0 Å². The third kappa shape index (κ3) is 3.11. The Balaban J connectivity index is 2.13.